The van der Waals surface area contributed by atoms with Crippen molar-refractivity contribution in [2.45, 2.75) is 52.1 Å². The molecule has 1 fully saturated rings. The van der Waals surface area contributed by atoms with Crippen molar-refractivity contribution in [2.75, 3.05) is 18.4 Å². The van der Waals surface area contributed by atoms with Crippen molar-refractivity contribution in [1.29, 1.82) is 0 Å². The zero-order valence-corrected chi connectivity index (χ0v) is 17.3. The van der Waals surface area contributed by atoms with Crippen LogP contribution in [0.5, 0.6) is 5.75 Å². The van der Waals surface area contributed by atoms with E-state index >= 15 is 0 Å². The fourth-order valence-corrected chi connectivity index (χ4v) is 3.52. The molecule has 29 heavy (non-hydrogen) atoms. The highest BCUT2D eigenvalue weighted by Gasteiger charge is 2.22. The molecule has 2 amide bonds. The van der Waals surface area contributed by atoms with Crippen LogP contribution in [0.2, 0.25) is 0 Å². The molecule has 3 rings (SSSR count). The van der Waals surface area contributed by atoms with Gasteiger partial charge in [0.15, 0.2) is 6.10 Å². The zero-order chi connectivity index (χ0) is 20.6. The number of nitrogens with zero attached hydrogens (tertiary/aromatic N) is 1. The van der Waals surface area contributed by atoms with Crippen molar-refractivity contribution in [3.8, 4) is 5.75 Å². The van der Waals surface area contributed by atoms with Crippen LogP contribution in [-0.2, 0) is 11.2 Å². The van der Waals surface area contributed by atoms with E-state index in [0.717, 1.165) is 45.2 Å². The number of benzene rings is 2. The quantitative estimate of drug-likeness (QED) is 0.774. The first kappa shape index (κ1) is 20.9. The molecule has 2 aromatic carbocycles. The van der Waals surface area contributed by atoms with Crippen LogP contribution < -0.4 is 10.1 Å². The molecule has 0 spiro atoms. The third-order valence-corrected chi connectivity index (χ3v) is 5.32. The molecule has 0 radical (unpaired) electrons. The highest BCUT2D eigenvalue weighted by atomic mass is 16.5. The second kappa shape index (κ2) is 10.1. The normalized spacial score (nSPS) is 15.3. The Bertz CT molecular complexity index is 824. The number of anilines is 1. The lowest BCUT2D eigenvalue weighted by Crippen LogP contribution is -2.34. The molecule has 1 aliphatic rings. The molecule has 1 heterocycles. The molecule has 154 valence electrons. The van der Waals surface area contributed by atoms with E-state index in [4.69, 9.17) is 4.74 Å². The highest BCUT2D eigenvalue weighted by molar-refractivity contribution is 6.04. The molecule has 5 heteroatoms. The zero-order valence-electron chi connectivity index (χ0n) is 17.3. The van der Waals surface area contributed by atoms with Crippen LogP contribution in [0, 0.1) is 0 Å². The van der Waals surface area contributed by atoms with Crippen LogP contribution in [0.25, 0.3) is 0 Å². The minimum Gasteiger partial charge on any atom is -0.481 e. The van der Waals surface area contributed by atoms with Crippen molar-refractivity contribution in [3.05, 3.63) is 59.7 Å². The van der Waals surface area contributed by atoms with Crippen LogP contribution in [0.4, 0.5) is 5.69 Å². The molecule has 2 aromatic rings. The number of carbonyl (C=O) groups is 2. The number of aryl methyl sites for hydroxylation is 1. The van der Waals surface area contributed by atoms with Gasteiger partial charge in [0.25, 0.3) is 11.8 Å². The molecule has 1 aliphatic heterocycles. The number of nitrogens with one attached hydrogen (secondary N) is 1. The number of hydrogen-bond acceptors (Lipinski definition) is 3. The third-order valence-electron chi connectivity index (χ3n) is 5.32. The second-order valence-electron chi connectivity index (χ2n) is 7.50. The number of carbonyl (C=O) groups excluding carboxylic acids is 2. The van der Waals surface area contributed by atoms with Gasteiger partial charge in [-0.1, -0.05) is 44.0 Å². The van der Waals surface area contributed by atoms with E-state index in [9.17, 15) is 9.59 Å². The van der Waals surface area contributed by atoms with Crippen LogP contribution >= 0.6 is 0 Å². The van der Waals surface area contributed by atoms with Gasteiger partial charge in [-0.3, -0.25) is 9.59 Å². The van der Waals surface area contributed by atoms with Crippen LogP contribution in [-0.4, -0.2) is 35.9 Å². The number of hydrogen-bond donors (Lipinski definition) is 1. The largest absolute Gasteiger partial charge is 0.481 e. The standard InChI is InChI=1S/C24H30N2O3/c1-3-19-12-14-20(15-13-19)29-18(2)23(27)25-22-11-7-6-10-21(22)24(28)26-16-8-4-5-9-17-26/h6-7,10-15,18H,3-5,8-9,16-17H2,1-2H3,(H,25,27)/t18-/m0/s1. The van der Waals surface area contributed by atoms with Gasteiger partial charge in [0.05, 0.1) is 11.3 Å². The Kier molecular flexibility index (Phi) is 7.28. The van der Waals surface area contributed by atoms with Crippen molar-refractivity contribution < 1.29 is 14.3 Å². The summed E-state index contributed by atoms with van der Waals surface area (Å²) < 4.78 is 5.77. The fourth-order valence-electron chi connectivity index (χ4n) is 3.52. The molecular weight excluding hydrogens is 364 g/mol. The van der Waals surface area contributed by atoms with E-state index in [2.05, 4.69) is 12.2 Å². The van der Waals surface area contributed by atoms with Gasteiger partial charge in [-0.05, 0) is 56.0 Å². The summed E-state index contributed by atoms with van der Waals surface area (Å²) in [5, 5.41) is 2.88. The van der Waals surface area contributed by atoms with Gasteiger partial charge in [-0.15, -0.1) is 0 Å². The topological polar surface area (TPSA) is 58.6 Å². The van der Waals surface area contributed by atoms with E-state index in [1.807, 2.05) is 41.3 Å². The molecule has 0 saturated carbocycles. The van der Waals surface area contributed by atoms with Gasteiger partial charge in [-0.25, -0.2) is 0 Å². The second-order valence-corrected chi connectivity index (χ2v) is 7.50. The van der Waals surface area contributed by atoms with Crippen LogP contribution in [0.1, 0.15) is 55.5 Å². The molecule has 0 unspecified atom stereocenters. The number of para-hydroxylation sites is 1. The minimum absolute atomic E-state index is 0.0217. The van der Waals surface area contributed by atoms with Crippen molar-refractivity contribution >= 4 is 17.5 Å². The smallest absolute Gasteiger partial charge is 0.265 e. The summed E-state index contributed by atoms with van der Waals surface area (Å²) in [4.78, 5) is 27.6. The molecule has 0 bridgehead atoms. The van der Waals surface area contributed by atoms with E-state index in [1.54, 1.807) is 19.1 Å². The lowest BCUT2D eigenvalue weighted by molar-refractivity contribution is -0.122. The van der Waals surface area contributed by atoms with Gasteiger partial charge in [0, 0.05) is 13.1 Å². The first-order valence-electron chi connectivity index (χ1n) is 10.5. The first-order chi connectivity index (χ1) is 14.1. The average molecular weight is 395 g/mol. The summed E-state index contributed by atoms with van der Waals surface area (Å²) >= 11 is 0. The lowest BCUT2D eigenvalue weighted by Gasteiger charge is -2.22. The lowest BCUT2D eigenvalue weighted by atomic mass is 10.1. The number of rotatable bonds is 6. The van der Waals surface area contributed by atoms with Crippen LogP contribution in [0.3, 0.4) is 0 Å². The van der Waals surface area contributed by atoms with Gasteiger partial charge >= 0.3 is 0 Å². The summed E-state index contributed by atoms with van der Waals surface area (Å²) in [7, 11) is 0. The minimum atomic E-state index is -0.677. The Labute approximate surface area is 173 Å². The SMILES string of the molecule is CCc1ccc(O[C@@H](C)C(=O)Nc2ccccc2C(=O)N2CCCCCC2)cc1. The summed E-state index contributed by atoms with van der Waals surface area (Å²) in [6.45, 7) is 5.35. The average Bonchev–Trinajstić information content (AvgIpc) is 3.04. The van der Waals surface area contributed by atoms with Crippen molar-refractivity contribution in [1.82, 2.24) is 4.90 Å². The summed E-state index contributed by atoms with van der Waals surface area (Å²) in [5.41, 5.74) is 2.28. The Hall–Kier alpha value is -2.82. The van der Waals surface area contributed by atoms with Gasteiger partial charge in [0.2, 0.25) is 0 Å². The Balaban J connectivity index is 1.67. The van der Waals surface area contributed by atoms with E-state index in [-0.39, 0.29) is 11.8 Å². The summed E-state index contributed by atoms with van der Waals surface area (Å²) in [5.74, 6) is 0.353. The van der Waals surface area contributed by atoms with E-state index < -0.39 is 6.10 Å². The van der Waals surface area contributed by atoms with Crippen molar-refractivity contribution in [2.24, 2.45) is 0 Å². The number of likely N-dealkylation sites (tertiary alicyclic amines) is 1. The molecular formula is C24H30N2O3. The highest BCUT2D eigenvalue weighted by Crippen LogP contribution is 2.21. The van der Waals surface area contributed by atoms with Gasteiger partial charge in [0.1, 0.15) is 5.75 Å². The van der Waals surface area contributed by atoms with Crippen LogP contribution in [0.15, 0.2) is 48.5 Å². The molecule has 1 atom stereocenters. The Morgan fingerprint density at radius 3 is 2.31 bits per heavy atom. The summed E-state index contributed by atoms with van der Waals surface area (Å²) in [6, 6.07) is 14.9. The molecule has 5 nitrogen and oxygen atoms in total. The predicted octanol–water partition coefficient (Wildman–Crippen LogP) is 4.67. The predicted molar refractivity (Wildman–Crippen MR) is 115 cm³/mol. The maximum absolute atomic E-state index is 13.0. The monoisotopic (exact) mass is 394 g/mol. The van der Waals surface area contributed by atoms with E-state index in [0.29, 0.717) is 17.0 Å². The maximum atomic E-state index is 13.0. The molecule has 0 aliphatic carbocycles. The maximum Gasteiger partial charge on any atom is 0.265 e. The third kappa shape index (κ3) is 5.59. The van der Waals surface area contributed by atoms with Gasteiger partial charge in [-0.2, -0.15) is 0 Å². The first-order valence-corrected chi connectivity index (χ1v) is 10.5. The van der Waals surface area contributed by atoms with E-state index in [1.165, 1.54) is 5.56 Å². The molecule has 1 saturated heterocycles. The number of amides is 2. The van der Waals surface area contributed by atoms with Gasteiger partial charge < -0.3 is 15.0 Å². The molecule has 0 aromatic heterocycles. The summed E-state index contributed by atoms with van der Waals surface area (Å²) in [6.07, 6.45) is 4.66. The Morgan fingerprint density at radius 1 is 1.00 bits per heavy atom. The van der Waals surface area contributed by atoms with Crippen molar-refractivity contribution in [3.63, 3.8) is 0 Å². The fraction of sp³-hybridized carbons (Fsp3) is 0.417. The Morgan fingerprint density at radius 2 is 1.66 bits per heavy atom. The number of ether oxygens (including phenoxy) is 1. The molecule has 1 N–H and O–H groups in total.